The van der Waals surface area contributed by atoms with Crippen LogP contribution in [0, 0.1) is 0 Å². The minimum atomic E-state index is -3.45. The van der Waals surface area contributed by atoms with Crippen molar-refractivity contribution in [3.63, 3.8) is 0 Å². The first-order valence-corrected chi connectivity index (χ1v) is 7.64. The molecular formula is C12H16N4O3S. The van der Waals surface area contributed by atoms with E-state index >= 15 is 0 Å². The van der Waals surface area contributed by atoms with Crippen LogP contribution in [0.4, 0.5) is 5.88 Å². The lowest BCUT2D eigenvalue weighted by atomic mass is 10.3. The largest absolute Gasteiger partial charge is 0.660 e. The number of rotatable bonds is 5. The predicted octanol–water partition coefficient (Wildman–Crippen LogP) is 1.67. The predicted molar refractivity (Wildman–Crippen MR) is 72.1 cm³/mol. The smallest absolute Gasteiger partial charge is 0.243 e. The molecule has 0 aliphatic heterocycles. The maximum Gasteiger partial charge on any atom is 0.243 e. The van der Waals surface area contributed by atoms with Gasteiger partial charge in [0.25, 0.3) is 0 Å². The molecule has 0 aliphatic carbocycles. The molecule has 0 saturated heterocycles. The van der Waals surface area contributed by atoms with Crippen LogP contribution in [0.25, 0.3) is 11.4 Å². The SMILES string of the molecule is CCN(CC)S(=O)(=O)c1ccc(-[n+]2cc([NH-])on2)cc1. The van der Waals surface area contributed by atoms with Crippen molar-refractivity contribution in [3.05, 3.63) is 36.2 Å². The monoisotopic (exact) mass is 296 g/mol. The molecule has 0 radical (unpaired) electrons. The molecule has 1 N–H and O–H groups in total. The first-order chi connectivity index (χ1) is 9.48. The summed E-state index contributed by atoms with van der Waals surface area (Å²) in [5, 5.41) is 3.64. The van der Waals surface area contributed by atoms with Crippen molar-refractivity contribution in [2.24, 2.45) is 0 Å². The zero-order chi connectivity index (χ0) is 14.8. The van der Waals surface area contributed by atoms with Crippen LogP contribution in [0.1, 0.15) is 13.8 Å². The molecule has 1 aromatic carbocycles. The third-order valence-corrected chi connectivity index (χ3v) is 4.98. The highest BCUT2D eigenvalue weighted by Crippen LogP contribution is 2.16. The summed E-state index contributed by atoms with van der Waals surface area (Å²) < 4.78 is 32.0. The fourth-order valence-corrected chi connectivity index (χ4v) is 3.31. The lowest BCUT2D eigenvalue weighted by molar-refractivity contribution is -0.670. The van der Waals surface area contributed by atoms with Gasteiger partial charge >= 0.3 is 0 Å². The lowest BCUT2D eigenvalue weighted by Gasteiger charge is -2.18. The average Bonchev–Trinajstić information content (AvgIpc) is 2.87. The van der Waals surface area contributed by atoms with E-state index < -0.39 is 10.0 Å². The molecule has 0 unspecified atom stereocenters. The number of hydrogen-bond donors (Lipinski definition) is 0. The third kappa shape index (κ3) is 2.66. The standard InChI is InChI=1S/C12H16N4O3S/c1-3-15(4-2)20(17,18)11-7-5-10(6-8-11)16-9-12(13)19-14-16/h5-9,13H,3-4H2,1-2H3. The van der Waals surface area contributed by atoms with Gasteiger partial charge in [-0.2, -0.15) is 4.31 Å². The Morgan fingerprint density at radius 2 is 1.85 bits per heavy atom. The summed E-state index contributed by atoms with van der Waals surface area (Å²) in [6.45, 7) is 4.47. The van der Waals surface area contributed by atoms with Crippen LogP contribution in [-0.2, 0) is 10.0 Å². The van der Waals surface area contributed by atoms with Crippen LogP contribution in [0.15, 0.2) is 39.9 Å². The number of nitrogens with one attached hydrogen (secondary N) is 1. The number of aromatic nitrogens is 2. The minimum absolute atomic E-state index is 0.0650. The van der Waals surface area contributed by atoms with Gasteiger partial charge in [0.05, 0.1) is 4.90 Å². The molecule has 0 atom stereocenters. The van der Waals surface area contributed by atoms with Crippen LogP contribution in [0.5, 0.6) is 0 Å². The fourth-order valence-electron chi connectivity index (χ4n) is 1.85. The molecule has 1 heterocycles. The number of nitrogens with zero attached hydrogens (tertiary/aromatic N) is 3. The molecule has 0 bridgehead atoms. The number of sulfonamides is 1. The van der Waals surface area contributed by atoms with Crippen molar-refractivity contribution in [1.82, 2.24) is 9.58 Å². The van der Waals surface area contributed by atoms with Crippen molar-refractivity contribution < 1.29 is 17.6 Å². The molecule has 20 heavy (non-hydrogen) atoms. The molecule has 0 spiro atoms. The van der Waals surface area contributed by atoms with Gasteiger partial charge in [0.1, 0.15) is 5.88 Å². The summed E-state index contributed by atoms with van der Waals surface area (Å²) in [6.07, 6.45) is 1.40. The van der Waals surface area contributed by atoms with Gasteiger partial charge in [0.15, 0.2) is 0 Å². The van der Waals surface area contributed by atoms with Crippen LogP contribution < -0.4 is 4.68 Å². The fraction of sp³-hybridized carbons (Fsp3) is 0.333. The maximum absolute atomic E-state index is 12.3. The van der Waals surface area contributed by atoms with E-state index in [2.05, 4.69) is 9.79 Å². The molecule has 2 aromatic rings. The average molecular weight is 296 g/mol. The van der Waals surface area contributed by atoms with Gasteiger partial charge in [0.2, 0.25) is 27.2 Å². The van der Waals surface area contributed by atoms with Gasteiger partial charge in [-0.3, -0.25) is 0 Å². The van der Waals surface area contributed by atoms with Crippen LogP contribution in [-0.4, -0.2) is 31.1 Å². The van der Waals surface area contributed by atoms with Crippen molar-refractivity contribution in [3.8, 4) is 5.69 Å². The summed E-state index contributed by atoms with van der Waals surface area (Å²) in [7, 11) is -3.45. The second-order valence-electron chi connectivity index (χ2n) is 4.09. The second kappa shape index (κ2) is 5.59. The summed E-state index contributed by atoms with van der Waals surface area (Å²) in [4.78, 5) is 0.236. The van der Waals surface area contributed by atoms with Crippen LogP contribution in [0.3, 0.4) is 0 Å². The first kappa shape index (κ1) is 14.5. The van der Waals surface area contributed by atoms with Gasteiger partial charge in [-0.15, -0.1) is 0 Å². The Hall–Kier alpha value is -1.93. The minimum Gasteiger partial charge on any atom is -0.660 e. The summed E-state index contributed by atoms with van der Waals surface area (Å²) in [5.74, 6) is -0.0650. The Balaban J connectivity index is 2.33. The van der Waals surface area contributed by atoms with Crippen LogP contribution in [0.2, 0.25) is 0 Å². The quantitative estimate of drug-likeness (QED) is 0.785. The summed E-state index contributed by atoms with van der Waals surface area (Å²) >= 11 is 0. The van der Waals surface area contributed by atoms with E-state index in [9.17, 15) is 8.42 Å². The van der Waals surface area contributed by atoms with E-state index in [1.165, 1.54) is 27.3 Å². The molecule has 108 valence electrons. The molecule has 7 nitrogen and oxygen atoms in total. The van der Waals surface area contributed by atoms with Gasteiger partial charge in [-0.1, -0.05) is 13.8 Å². The highest BCUT2D eigenvalue weighted by molar-refractivity contribution is 7.89. The van der Waals surface area contributed by atoms with Gasteiger partial charge in [-0.25, -0.2) is 8.42 Å². The second-order valence-corrected chi connectivity index (χ2v) is 6.03. The van der Waals surface area contributed by atoms with E-state index in [4.69, 9.17) is 5.73 Å². The van der Waals surface area contributed by atoms with Gasteiger partial charge < -0.3 is 10.3 Å². The van der Waals surface area contributed by atoms with E-state index in [0.29, 0.717) is 18.8 Å². The molecular weight excluding hydrogens is 280 g/mol. The molecule has 0 aliphatic rings. The molecule has 8 heteroatoms. The number of hydrogen-bond acceptors (Lipinski definition) is 4. The van der Waals surface area contributed by atoms with E-state index in [-0.39, 0.29) is 10.8 Å². The van der Waals surface area contributed by atoms with E-state index in [1.54, 1.807) is 26.0 Å². The topological polar surface area (TPSA) is 91.1 Å². The normalized spacial score (nSPS) is 11.9. The Morgan fingerprint density at radius 3 is 2.30 bits per heavy atom. The Labute approximate surface area is 117 Å². The van der Waals surface area contributed by atoms with Crippen molar-refractivity contribution in [1.29, 1.82) is 0 Å². The highest BCUT2D eigenvalue weighted by Gasteiger charge is 2.22. The van der Waals surface area contributed by atoms with Crippen molar-refractivity contribution in [2.75, 3.05) is 13.1 Å². The van der Waals surface area contributed by atoms with E-state index in [1.807, 2.05) is 0 Å². The maximum atomic E-state index is 12.3. The zero-order valence-corrected chi connectivity index (χ0v) is 12.1. The molecule has 2 rings (SSSR count). The van der Waals surface area contributed by atoms with E-state index in [0.717, 1.165) is 0 Å². The van der Waals surface area contributed by atoms with Gasteiger partial charge in [-0.05, 0) is 16.8 Å². The Morgan fingerprint density at radius 1 is 1.25 bits per heavy atom. The molecule has 0 amide bonds. The Bertz CT molecular complexity index is 675. The van der Waals surface area contributed by atoms with Gasteiger partial charge in [0, 0.05) is 25.2 Å². The molecule has 1 aromatic heterocycles. The highest BCUT2D eigenvalue weighted by atomic mass is 32.2. The third-order valence-electron chi connectivity index (χ3n) is 2.91. The van der Waals surface area contributed by atoms with Crippen LogP contribution >= 0.6 is 0 Å². The lowest BCUT2D eigenvalue weighted by Crippen LogP contribution is -2.32. The number of benzene rings is 1. The summed E-state index contributed by atoms with van der Waals surface area (Å²) in [6, 6.07) is 6.29. The molecule has 0 saturated carbocycles. The first-order valence-electron chi connectivity index (χ1n) is 6.20. The van der Waals surface area contributed by atoms with Crippen molar-refractivity contribution >= 4 is 15.9 Å². The summed E-state index contributed by atoms with van der Waals surface area (Å²) in [5.41, 5.74) is 7.89. The van der Waals surface area contributed by atoms with Crippen molar-refractivity contribution in [2.45, 2.75) is 18.7 Å². The Kier molecular flexibility index (Phi) is 4.05. The zero-order valence-electron chi connectivity index (χ0n) is 11.3. The molecule has 0 fully saturated rings.